The fraction of sp³-hybridized carbons (Fsp3) is 0.522. The highest BCUT2D eigenvalue weighted by Crippen LogP contribution is 2.24. The van der Waals surface area contributed by atoms with Crippen LogP contribution in [0.3, 0.4) is 0 Å². The highest BCUT2D eigenvalue weighted by molar-refractivity contribution is 5.94. The van der Waals surface area contributed by atoms with Gasteiger partial charge in [-0.3, -0.25) is 9.59 Å². The Morgan fingerprint density at radius 3 is 2.59 bits per heavy atom. The first-order chi connectivity index (χ1) is 13.9. The number of amides is 1. The highest BCUT2D eigenvalue weighted by Gasteiger charge is 2.21. The molecule has 2 aromatic rings. The van der Waals surface area contributed by atoms with Gasteiger partial charge < -0.3 is 10.1 Å². The lowest BCUT2D eigenvalue weighted by molar-refractivity contribution is -0.140. The fourth-order valence-electron chi connectivity index (χ4n) is 4.21. The van der Waals surface area contributed by atoms with Crippen molar-refractivity contribution in [2.75, 3.05) is 7.11 Å². The van der Waals surface area contributed by atoms with E-state index in [2.05, 4.69) is 17.3 Å². The van der Waals surface area contributed by atoms with Crippen LogP contribution < -0.4 is 5.32 Å². The molecule has 156 valence electrons. The minimum Gasteiger partial charge on any atom is -0.469 e. The van der Waals surface area contributed by atoms with Gasteiger partial charge in [-0.15, -0.1) is 0 Å². The van der Waals surface area contributed by atoms with E-state index in [1.807, 2.05) is 42.8 Å². The number of nitrogens with zero attached hydrogens (tertiary/aromatic N) is 2. The molecule has 0 bridgehead atoms. The number of ether oxygens (including phenoxy) is 1. The molecule has 6 nitrogen and oxygen atoms in total. The molecule has 1 aromatic heterocycles. The molecule has 1 aliphatic rings. The average molecular weight is 398 g/mol. The molecule has 1 aromatic carbocycles. The first kappa shape index (κ1) is 21.1. The van der Waals surface area contributed by atoms with Crippen molar-refractivity contribution in [3.63, 3.8) is 0 Å². The van der Waals surface area contributed by atoms with Crippen LogP contribution in [0.1, 0.15) is 66.3 Å². The summed E-state index contributed by atoms with van der Waals surface area (Å²) in [4.78, 5) is 24.1. The number of aromatic nitrogens is 2. The molecule has 29 heavy (non-hydrogen) atoms. The molecule has 1 fully saturated rings. The van der Waals surface area contributed by atoms with E-state index in [9.17, 15) is 9.59 Å². The Morgan fingerprint density at radius 1 is 1.21 bits per heavy atom. The van der Waals surface area contributed by atoms with Crippen LogP contribution >= 0.6 is 0 Å². The predicted molar refractivity (Wildman–Crippen MR) is 112 cm³/mol. The van der Waals surface area contributed by atoms with Gasteiger partial charge in [0, 0.05) is 23.7 Å². The summed E-state index contributed by atoms with van der Waals surface area (Å²) in [7, 11) is 1.40. The molecule has 1 saturated carbocycles. The summed E-state index contributed by atoms with van der Waals surface area (Å²) in [5.74, 6) is 0.442. The number of carbonyl (C=O) groups excluding carboxylic acids is 2. The van der Waals surface area contributed by atoms with Crippen LogP contribution in [0.5, 0.6) is 0 Å². The molecule has 0 aliphatic heterocycles. The minimum atomic E-state index is -0.223. The largest absolute Gasteiger partial charge is 0.469 e. The standard InChI is InChI=1S/C23H31N3O3/c1-15-6-5-7-19(14-15)24-23(28)18-8-10-20(11-9-18)26-17(3)21(16(2)25-26)12-13-22(27)29-4/h8-11,15,19H,5-7,12-14H2,1-4H3,(H,24,28). The number of carbonyl (C=O) groups is 2. The molecule has 0 spiro atoms. The van der Waals surface area contributed by atoms with E-state index in [-0.39, 0.29) is 17.9 Å². The van der Waals surface area contributed by atoms with Crippen LogP contribution in [0.2, 0.25) is 0 Å². The Hall–Kier alpha value is -2.63. The van der Waals surface area contributed by atoms with Crippen molar-refractivity contribution in [3.05, 3.63) is 46.8 Å². The third-order valence-corrected chi connectivity index (χ3v) is 5.89. The van der Waals surface area contributed by atoms with Crippen LogP contribution in [0.4, 0.5) is 0 Å². The van der Waals surface area contributed by atoms with E-state index in [0.717, 1.165) is 35.5 Å². The molecule has 6 heteroatoms. The van der Waals surface area contributed by atoms with Gasteiger partial charge in [0.1, 0.15) is 0 Å². The van der Waals surface area contributed by atoms with Crippen molar-refractivity contribution in [1.29, 1.82) is 0 Å². The summed E-state index contributed by atoms with van der Waals surface area (Å²) in [6.45, 7) is 6.20. The number of hydrogen-bond acceptors (Lipinski definition) is 4. The summed E-state index contributed by atoms with van der Waals surface area (Å²) >= 11 is 0. The second-order valence-corrected chi connectivity index (χ2v) is 8.13. The first-order valence-corrected chi connectivity index (χ1v) is 10.4. The van der Waals surface area contributed by atoms with E-state index in [1.165, 1.54) is 20.0 Å². The van der Waals surface area contributed by atoms with Gasteiger partial charge in [0.05, 0.1) is 18.5 Å². The maximum Gasteiger partial charge on any atom is 0.305 e. The summed E-state index contributed by atoms with van der Waals surface area (Å²) in [6, 6.07) is 7.81. The van der Waals surface area contributed by atoms with Gasteiger partial charge in [0.25, 0.3) is 5.91 Å². The Bertz CT molecular complexity index is 870. The first-order valence-electron chi connectivity index (χ1n) is 10.4. The van der Waals surface area contributed by atoms with Crippen molar-refractivity contribution < 1.29 is 14.3 Å². The lowest BCUT2D eigenvalue weighted by Crippen LogP contribution is -2.37. The van der Waals surface area contributed by atoms with Crippen molar-refractivity contribution in [2.24, 2.45) is 5.92 Å². The Kier molecular flexibility index (Phi) is 6.72. The van der Waals surface area contributed by atoms with Gasteiger partial charge >= 0.3 is 5.97 Å². The lowest BCUT2D eigenvalue weighted by atomic mass is 9.87. The number of aryl methyl sites for hydroxylation is 1. The fourth-order valence-corrected chi connectivity index (χ4v) is 4.21. The normalized spacial score (nSPS) is 19.0. The zero-order valence-corrected chi connectivity index (χ0v) is 17.8. The van der Waals surface area contributed by atoms with Crippen LogP contribution in [-0.2, 0) is 16.0 Å². The van der Waals surface area contributed by atoms with E-state index in [0.29, 0.717) is 24.3 Å². The minimum absolute atomic E-state index is 0.0113. The number of methoxy groups -OCH3 is 1. The molecule has 1 heterocycles. The van der Waals surface area contributed by atoms with Crippen molar-refractivity contribution >= 4 is 11.9 Å². The van der Waals surface area contributed by atoms with E-state index >= 15 is 0 Å². The number of rotatable bonds is 6. The summed E-state index contributed by atoms with van der Waals surface area (Å²) in [5.41, 5.74) is 4.53. The van der Waals surface area contributed by atoms with Crippen LogP contribution in [0, 0.1) is 19.8 Å². The Morgan fingerprint density at radius 2 is 1.93 bits per heavy atom. The van der Waals surface area contributed by atoms with Crippen molar-refractivity contribution in [2.45, 2.75) is 65.3 Å². The molecule has 1 N–H and O–H groups in total. The average Bonchev–Trinajstić information content (AvgIpc) is 2.99. The summed E-state index contributed by atoms with van der Waals surface area (Å²) < 4.78 is 6.60. The smallest absolute Gasteiger partial charge is 0.305 e. The van der Waals surface area contributed by atoms with Gasteiger partial charge in [-0.05, 0) is 68.9 Å². The maximum atomic E-state index is 12.6. The summed E-state index contributed by atoms with van der Waals surface area (Å²) in [6.07, 6.45) is 5.50. The molecule has 0 saturated heterocycles. The highest BCUT2D eigenvalue weighted by atomic mass is 16.5. The maximum absolute atomic E-state index is 12.6. The second-order valence-electron chi connectivity index (χ2n) is 8.13. The molecule has 2 atom stereocenters. The second kappa shape index (κ2) is 9.25. The zero-order chi connectivity index (χ0) is 21.0. The summed E-state index contributed by atoms with van der Waals surface area (Å²) in [5, 5.41) is 7.80. The van der Waals surface area contributed by atoms with E-state index in [4.69, 9.17) is 4.74 Å². The van der Waals surface area contributed by atoms with Crippen molar-refractivity contribution in [1.82, 2.24) is 15.1 Å². The molecule has 1 amide bonds. The molecule has 3 rings (SSSR count). The lowest BCUT2D eigenvalue weighted by Gasteiger charge is -2.27. The number of nitrogens with one attached hydrogen (secondary N) is 1. The van der Waals surface area contributed by atoms with Gasteiger partial charge in [-0.25, -0.2) is 4.68 Å². The predicted octanol–water partition coefficient (Wildman–Crippen LogP) is 3.90. The third-order valence-electron chi connectivity index (χ3n) is 5.89. The van der Waals surface area contributed by atoms with E-state index in [1.54, 1.807) is 0 Å². The zero-order valence-electron chi connectivity index (χ0n) is 17.8. The van der Waals surface area contributed by atoms with Gasteiger partial charge in [-0.1, -0.05) is 19.8 Å². The third kappa shape index (κ3) is 5.05. The van der Waals surface area contributed by atoms with Gasteiger partial charge in [-0.2, -0.15) is 5.10 Å². The van der Waals surface area contributed by atoms with Crippen molar-refractivity contribution in [3.8, 4) is 5.69 Å². The van der Waals surface area contributed by atoms with Gasteiger partial charge in [0.15, 0.2) is 0 Å². The quantitative estimate of drug-likeness (QED) is 0.750. The number of esters is 1. The van der Waals surface area contributed by atoms with E-state index < -0.39 is 0 Å². The molecule has 1 aliphatic carbocycles. The molecular formula is C23H31N3O3. The van der Waals surface area contributed by atoms with Crippen LogP contribution in [-0.4, -0.2) is 34.8 Å². The SMILES string of the molecule is COC(=O)CCc1c(C)nn(-c2ccc(C(=O)NC3CCCC(C)C3)cc2)c1C. The monoisotopic (exact) mass is 397 g/mol. The van der Waals surface area contributed by atoms with Crippen LogP contribution in [0.25, 0.3) is 5.69 Å². The number of benzene rings is 1. The molecule has 0 radical (unpaired) electrons. The van der Waals surface area contributed by atoms with Gasteiger partial charge in [0.2, 0.25) is 0 Å². The molecule has 2 unspecified atom stereocenters. The Balaban J connectivity index is 1.70. The number of hydrogen-bond donors (Lipinski definition) is 1. The topological polar surface area (TPSA) is 73.2 Å². The molecular weight excluding hydrogens is 366 g/mol. The van der Waals surface area contributed by atoms with Crippen LogP contribution in [0.15, 0.2) is 24.3 Å². The Labute approximate surface area is 172 Å².